The van der Waals surface area contributed by atoms with Crippen molar-refractivity contribution in [1.82, 2.24) is 5.16 Å². The maximum absolute atomic E-state index is 5.27. The molecule has 0 amide bonds. The van der Waals surface area contributed by atoms with Crippen molar-refractivity contribution < 1.29 is 4.52 Å². The quantitative estimate of drug-likeness (QED) is 0.738. The Balaban J connectivity index is 2.60. The number of aromatic nitrogens is 1. The molecule has 1 aromatic heterocycles. The zero-order valence-electron chi connectivity index (χ0n) is 9.92. The van der Waals surface area contributed by atoms with Crippen molar-refractivity contribution in [3.05, 3.63) is 17.5 Å². The van der Waals surface area contributed by atoms with Gasteiger partial charge in [0, 0.05) is 12.5 Å². The third-order valence-corrected chi connectivity index (χ3v) is 1.93. The van der Waals surface area contributed by atoms with Crippen molar-refractivity contribution in [2.24, 2.45) is 11.3 Å². The summed E-state index contributed by atoms with van der Waals surface area (Å²) in [6.07, 6.45) is 1.96. The van der Waals surface area contributed by atoms with Gasteiger partial charge < -0.3 is 4.52 Å². The summed E-state index contributed by atoms with van der Waals surface area (Å²) in [4.78, 5) is 0. The maximum atomic E-state index is 5.27. The fourth-order valence-electron chi connectivity index (χ4n) is 1.48. The van der Waals surface area contributed by atoms with E-state index in [2.05, 4.69) is 45.8 Å². The van der Waals surface area contributed by atoms with Gasteiger partial charge in [-0.05, 0) is 17.8 Å². The fraction of sp³-hybridized carbons (Fsp3) is 0.750. The highest BCUT2D eigenvalue weighted by molar-refractivity contribution is 5.07. The van der Waals surface area contributed by atoms with E-state index in [-0.39, 0.29) is 5.41 Å². The zero-order valence-corrected chi connectivity index (χ0v) is 9.92. The summed E-state index contributed by atoms with van der Waals surface area (Å²) < 4.78 is 5.27. The molecule has 0 aliphatic rings. The molecule has 0 bridgehead atoms. The van der Waals surface area contributed by atoms with Gasteiger partial charge in [-0.15, -0.1) is 0 Å². The van der Waals surface area contributed by atoms with E-state index in [0.717, 1.165) is 24.3 Å². The van der Waals surface area contributed by atoms with Gasteiger partial charge in [-0.3, -0.25) is 0 Å². The topological polar surface area (TPSA) is 26.0 Å². The van der Waals surface area contributed by atoms with Crippen molar-refractivity contribution in [2.75, 3.05) is 0 Å². The number of hydrogen-bond donors (Lipinski definition) is 0. The molecule has 0 saturated carbocycles. The summed E-state index contributed by atoms with van der Waals surface area (Å²) in [5.41, 5.74) is 1.36. The van der Waals surface area contributed by atoms with E-state index in [1.54, 1.807) is 0 Å². The summed E-state index contributed by atoms with van der Waals surface area (Å²) in [6, 6.07) is 2.09. The molecule has 0 N–H and O–H groups in total. The standard InChI is InChI=1S/C12H21NO/c1-9(2)6-11-7-10(13-14-11)8-12(3,4)5/h7,9H,6,8H2,1-5H3. The molecule has 80 valence electrons. The van der Waals surface area contributed by atoms with Gasteiger partial charge in [-0.25, -0.2) is 0 Å². The Labute approximate surface area is 86.7 Å². The van der Waals surface area contributed by atoms with Crippen LogP contribution in [0.3, 0.4) is 0 Å². The minimum atomic E-state index is 0.284. The van der Waals surface area contributed by atoms with Crippen LogP contribution < -0.4 is 0 Å². The smallest absolute Gasteiger partial charge is 0.137 e. The molecule has 1 aromatic rings. The van der Waals surface area contributed by atoms with Gasteiger partial charge in [0.2, 0.25) is 0 Å². The van der Waals surface area contributed by atoms with Gasteiger partial charge in [0.1, 0.15) is 5.76 Å². The molecule has 0 fully saturated rings. The van der Waals surface area contributed by atoms with Crippen molar-refractivity contribution in [3.8, 4) is 0 Å². The average molecular weight is 195 g/mol. The van der Waals surface area contributed by atoms with Crippen LogP contribution in [0.4, 0.5) is 0 Å². The average Bonchev–Trinajstić information content (AvgIpc) is 2.30. The van der Waals surface area contributed by atoms with Gasteiger partial charge in [-0.2, -0.15) is 0 Å². The molecule has 1 rings (SSSR count). The van der Waals surface area contributed by atoms with Crippen LogP contribution >= 0.6 is 0 Å². The second-order valence-electron chi connectivity index (χ2n) is 5.62. The first-order chi connectivity index (χ1) is 6.37. The molecule has 0 spiro atoms. The molecule has 2 nitrogen and oxygen atoms in total. The first-order valence-electron chi connectivity index (χ1n) is 5.31. The van der Waals surface area contributed by atoms with Crippen molar-refractivity contribution in [1.29, 1.82) is 0 Å². The first kappa shape index (κ1) is 11.3. The van der Waals surface area contributed by atoms with Crippen molar-refractivity contribution in [2.45, 2.75) is 47.5 Å². The third-order valence-electron chi connectivity index (χ3n) is 1.93. The maximum Gasteiger partial charge on any atom is 0.137 e. The van der Waals surface area contributed by atoms with E-state index in [1.165, 1.54) is 0 Å². The first-order valence-corrected chi connectivity index (χ1v) is 5.31. The van der Waals surface area contributed by atoms with Crippen molar-refractivity contribution >= 4 is 0 Å². The molecule has 0 saturated heterocycles. The van der Waals surface area contributed by atoms with Crippen LogP contribution in [0.25, 0.3) is 0 Å². The molecule has 1 heterocycles. The van der Waals surface area contributed by atoms with E-state index in [0.29, 0.717) is 5.92 Å². The minimum Gasteiger partial charge on any atom is -0.361 e. The monoisotopic (exact) mass is 195 g/mol. The van der Waals surface area contributed by atoms with Gasteiger partial charge in [-0.1, -0.05) is 39.8 Å². The Morgan fingerprint density at radius 2 is 2.00 bits per heavy atom. The SMILES string of the molecule is CC(C)Cc1cc(CC(C)(C)C)no1. The predicted molar refractivity (Wildman–Crippen MR) is 58.2 cm³/mol. The summed E-state index contributed by atoms with van der Waals surface area (Å²) in [5, 5.41) is 4.08. The highest BCUT2D eigenvalue weighted by Gasteiger charge is 2.14. The molecule has 0 radical (unpaired) electrons. The minimum absolute atomic E-state index is 0.284. The Kier molecular flexibility index (Phi) is 3.35. The van der Waals surface area contributed by atoms with Gasteiger partial charge in [0.05, 0.1) is 5.69 Å². The lowest BCUT2D eigenvalue weighted by Gasteiger charge is -2.14. The summed E-state index contributed by atoms with van der Waals surface area (Å²) in [5.74, 6) is 1.64. The summed E-state index contributed by atoms with van der Waals surface area (Å²) >= 11 is 0. The molecule has 0 aliphatic carbocycles. The number of hydrogen-bond acceptors (Lipinski definition) is 2. The van der Waals surface area contributed by atoms with Crippen LogP contribution in [0, 0.1) is 11.3 Å². The molecule has 0 aromatic carbocycles. The van der Waals surface area contributed by atoms with Crippen LogP contribution in [0.2, 0.25) is 0 Å². The highest BCUT2D eigenvalue weighted by atomic mass is 16.5. The lowest BCUT2D eigenvalue weighted by atomic mass is 9.90. The molecule has 2 heteroatoms. The van der Waals surface area contributed by atoms with Crippen LogP contribution in [-0.4, -0.2) is 5.16 Å². The van der Waals surface area contributed by atoms with E-state index < -0.39 is 0 Å². The molecular weight excluding hydrogens is 174 g/mol. The normalized spacial score (nSPS) is 12.4. The van der Waals surface area contributed by atoms with E-state index in [9.17, 15) is 0 Å². The van der Waals surface area contributed by atoms with Crippen LogP contribution in [0.15, 0.2) is 10.6 Å². The Bertz CT molecular complexity index is 281. The second-order valence-corrected chi connectivity index (χ2v) is 5.62. The lowest BCUT2D eigenvalue weighted by molar-refractivity contribution is 0.347. The zero-order chi connectivity index (χ0) is 10.8. The molecule has 0 unspecified atom stereocenters. The van der Waals surface area contributed by atoms with E-state index in [1.807, 2.05) is 0 Å². The Morgan fingerprint density at radius 1 is 1.36 bits per heavy atom. The van der Waals surface area contributed by atoms with Gasteiger partial charge >= 0.3 is 0 Å². The van der Waals surface area contributed by atoms with Crippen LogP contribution in [-0.2, 0) is 12.8 Å². The summed E-state index contributed by atoms with van der Waals surface area (Å²) in [7, 11) is 0. The fourth-order valence-corrected chi connectivity index (χ4v) is 1.48. The molecular formula is C12H21NO. The largest absolute Gasteiger partial charge is 0.361 e. The Morgan fingerprint density at radius 3 is 2.50 bits per heavy atom. The highest BCUT2D eigenvalue weighted by Crippen LogP contribution is 2.20. The van der Waals surface area contributed by atoms with Gasteiger partial charge in [0.25, 0.3) is 0 Å². The van der Waals surface area contributed by atoms with Gasteiger partial charge in [0.15, 0.2) is 0 Å². The molecule has 14 heavy (non-hydrogen) atoms. The number of nitrogens with zero attached hydrogens (tertiary/aromatic N) is 1. The van der Waals surface area contributed by atoms with E-state index >= 15 is 0 Å². The molecule has 0 atom stereocenters. The summed E-state index contributed by atoms with van der Waals surface area (Å²) in [6.45, 7) is 11.0. The van der Waals surface area contributed by atoms with Crippen LogP contribution in [0.1, 0.15) is 46.1 Å². The lowest BCUT2D eigenvalue weighted by Crippen LogP contribution is -2.09. The second kappa shape index (κ2) is 4.16. The predicted octanol–water partition coefficient (Wildman–Crippen LogP) is 3.46. The number of rotatable bonds is 3. The van der Waals surface area contributed by atoms with Crippen molar-refractivity contribution in [3.63, 3.8) is 0 Å². The Hall–Kier alpha value is -0.790. The third kappa shape index (κ3) is 3.95. The van der Waals surface area contributed by atoms with Crippen LogP contribution in [0.5, 0.6) is 0 Å². The molecule has 0 aliphatic heterocycles. The van der Waals surface area contributed by atoms with E-state index in [4.69, 9.17) is 4.52 Å².